The lowest BCUT2D eigenvalue weighted by atomic mass is 10.1. The molecule has 0 saturated heterocycles. The minimum atomic E-state index is -4.23. The third-order valence-corrected chi connectivity index (χ3v) is 3.82. The van der Waals surface area contributed by atoms with Gasteiger partial charge in [0.2, 0.25) is 0 Å². The van der Waals surface area contributed by atoms with E-state index < -0.39 is 26.5 Å². The number of hydrogen-bond acceptors (Lipinski definition) is 6. The lowest BCUT2D eigenvalue weighted by Gasteiger charge is -2.30. The van der Waals surface area contributed by atoms with Crippen molar-refractivity contribution < 1.29 is 34.2 Å². The molecule has 0 heterocycles. The highest BCUT2D eigenvalue weighted by Crippen LogP contribution is 2.35. The molecular formula is C15H36NO7P. The molecule has 0 radical (unpaired) electrons. The van der Waals surface area contributed by atoms with Crippen molar-refractivity contribution in [2.24, 2.45) is 0 Å². The Morgan fingerprint density at radius 2 is 1.21 bits per heavy atom. The molecule has 0 aliphatic rings. The zero-order valence-corrected chi connectivity index (χ0v) is 16.2. The molecule has 0 saturated carbocycles. The van der Waals surface area contributed by atoms with E-state index in [1.807, 2.05) is 0 Å². The highest BCUT2D eigenvalue weighted by atomic mass is 31.2. The molecule has 8 nitrogen and oxygen atoms in total. The number of aliphatic hydroxyl groups excluding tert-OH is 3. The van der Waals surface area contributed by atoms with Crippen LogP contribution in [0.3, 0.4) is 0 Å². The Hall–Kier alpha value is -0.0500. The fourth-order valence-electron chi connectivity index (χ4n) is 2.18. The van der Waals surface area contributed by atoms with E-state index in [0.717, 1.165) is 19.3 Å². The first-order valence-electron chi connectivity index (χ1n) is 8.54. The number of unbranched alkanes of at least 4 members (excludes halogenated alkanes) is 6. The van der Waals surface area contributed by atoms with Crippen LogP contribution in [0.25, 0.3) is 0 Å². The average molecular weight is 373 g/mol. The van der Waals surface area contributed by atoms with E-state index in [1.165, 1.54) is 51.4 Å². The van der Waals surface area contributed by atoms with Crippen molar-refractivity contribution in [3.8, 4) is 0 Å². The van der Waals surface area contributed by atoms with E-state index in [2.05, 4.69) is 11.4 Å². The summed E-state index contributed by atoms with van der Waals surface area (Å²) in [4.78, 5) is 17.9. The topological polar surface area (TPSA) is 131 Å². The highest BCUT2D eigenvalue weighted by molar-refractivity contribution is 7.46. The van der Waals surface area contributed by atoms with Gasteiger partial charge >= 0.3 is 7.82 Å². The van der Waals surface area contributed by atoms with Gasteiger partial charge in [-0.05, 0) is 27.2 Å². The molecule has 9 heteroatoms. The summed E-state index contributed by atoms with van der Waals surface area (Å²) < 4.78 is 14.6. The first kappa shape index (κ1) is 26.2. The summed E-state index contributed by atoms with van der Waals surface area (Å²) >= 11 is 0. The van der Waals surface area contributed by atoms with E-state index in [-0.39, 0.29) is 6.61 Å². The maximum Gasteiger partial charge on any atom is 0.469 e. The molecular weight excluding hydrogens is 337 g/mol. The fraction of sp³-hybridized carbons (Fsp3) is 1.00. The number of nitrogens with zero attached hydrogens (tertiary/aromatic N) is 1. The SMILES string of the molecule is CC(O)N(C(C)O)C(C)O.CCCCCCCCCOP(=O)(O)O. The highest BCUT2D eigenvalue weighted by Gasteiger charge is 2.20. The molecule has 0 bridgehead atoms. The quantitative estimate of drug-likeness (QED) is 0.200. The van der Waals surface area contributed by atoms with Crippen molar-refractivity contribution in [2.75, 3.05) is 6.61 Å². The van der Waals surface area contributed by atoms with Gasteiger partial charge in [-0.2, -0.15) is 0 Å². The van der Waals surface area contributed by atoms with E-state index in [4.69, 9.17) is 25.1 Å². The minimum Gasteiger partial charge on any atom is -0.379 e. The summed E-state index contributed by atoms with van der Waals surface area (Å²) in [5.74, 6) is 0. The van der Waals surface area contributed by atoms with Crippen molar-refractivity contribution in [2.45, 2.75) is 91.3 Å². The van der Waals surface area contributed by atoms with Crippen LogP contribution >= 0.6 is 7.82 Å². The van der Waals surface area contributed by atoms with Gasteiger partial charge in [-0.25, -0.2) is 9.46 Å². The van der Waals surface area contributed by atoms with Gasteiger partial charge in [0.15, 0.2) is 0 Å². The van der Waals surface area contributed by atoms with Crippen molar-refractivity contribution >= 4 is 7.82 Å². The van der Waals surface area contributed by atoms with Gasteiger partial charge < -0.3 is 25.1 Å². The van der Waals surface area contributed by atoms with Gasteiger partial charge in [0.05, 0.1) is 6.61 Å². The fourth-order valence-corrected chi connectivity index (χ4v) is 2.55. The van der Waals surface area contributed by atoms with Crippen molar-refractivity contribution in [3.05, 3.63) is 0 Å². The zero-order valence-electron chi connectivity index (χ0n) is 15.3. The Balaban J connectivity index is 0. The molecule has 5 N–H and O–H groups in total. The second-order valence-electron chi connectivity index (χ2n) is 5.79. The van der Waals surface area contributed by atoms with Crippen molar-refractivity contribution in [1.82, 2.24) is 4.90 Å². The molecule has 3 unspecified atom stereocenters. The second-order valence-corrected chi connectivity index (χ2v) is 7.03. The molecule has 0 rings (SSSR count). The third-order valence-electron chi connectivity index (χ3n) is 3.30. The normalized spacial score (nSPS) is 15.6. The van der Waals surface area contributed by atoms with Crippen LogP contribution in [0.5, 0.6) is 0 Å². The Morgan fingerprint density at radius 3 is 1.50 bits per heavy atom. The molecule has 0 aromatic rings. The van der Waals surface area contributed by atoms with Crippen molar-refractivity contribution in [3.63, 3.8) is 0 Å². The van der Waals surface area contributed by atoms with Crippen molar-refractivity contribution in [1.29, 1.82) is 0 Å². The Labute approximate surface area is 145 Å². The first-order valence-corrected chi connectivity index (χ1v) is 10.1. The summed E-state index contributed by atoms with van der Waals surface area (Å²) in [5.41, 5.74) is 0. The number of hydrogen-bond donors (Lipinski definition) is 5. The third kappa shape index (κ3) is 18.3. The molecule has 3 atom stereocenters. The summed E-state index contributed by atoms with van der Waals surface area (Å²) in [6.45, 7) is 6.80. The summed E-state index contributed by atoms with van der Waals surface area (Å²) in [5, 5.41) is 26.9. The van der Waals surface area contributed by atoms with E-state index in [1.54, 1.807) is 0 Å². The molecule has 148 valence electrons. The maximum absolute atomic E-state index is 10.3. The van der Waals surface area contributed by atoms with Gasteiger partial charge in [-0.15, -0.1) is 0 Å². The molecule has 24 heavy (non-hydrogen) atoms. The van der Waals surface area contributed by atoms with Crippen LogP contribution in [-0.2, 0) is 9.09 Å². The second kappa shape index (κ2) is 15.2. The predicted octanol–water partition coefficient (Wildman–Crippen LogP) is 2.15. The number of rotatable bonds is 12. The lowest BCUT2D eigenvalue weighted by molar-refractivity contribution is -0.159. The van der Waals surface area contributed by atoms with Crippen LogP contribution in [0.4, 0.5) is 0 Å². The van der Waals surface area contributed by atoms with Gasteiger partial charge in [-0.3, -0.25) is 4.52 Å². The largest absolute Gasteiger partial charge is 0.469 e. The van der Waals surface area contributed by atoms with E-state index in [0.29, 0.717) is 0 Å². The Morgan fingerprint density at radius 1 is 0.833 bits per heavy atom. The Bertz CT molecular complexity index is 302. The predicted molar refractivity (Wildman–Crippen MR) is 92.9 cm³/mol. The molecule has 0 aliphatic carbocycles. The van der Waals surface area contributed by atoms with Gasteiger partial charge in [-0.1, -0.05) is 45.4 Å². The maximum atomic E-state index is 10.3. The van der Waals surface area contributed by atoms with E-state index in [9.17, 15) is 4.57 Å². The molecule has 0 aromatic carbocycles. The minimum absolute atomic E-state index is 0.165. The smallest absolute Gasteiger partial charge is 0.379 e. The molecule has 0 amide bonds. The van der Waals surface area contributed by atoms with Gasteiger partial charge in [0.25, 0.3) is 0 Å². The first-order chi connectivity index (χ1) is 11.0. The van der Waals surface area contributed by atoms with Gasteiger partial charge in [0.1, 0.15) is 18.7 Å². The van der Waals surface area contributed by atoms with Crippen LogP contribution in [0.1, 0.15) is 72.6 Å². The summed E-state index contributed by atoms with van der Waals surface area (Å²) in [6.07, 6.45) is 5.34. The Kier molecular flexibility index (Phi) is 16.6. The van der Waals surface area contributed by atoms with E-state index >= 15 is 0 Å². The number of phosphoric acid groups is 1. The van der Waals surface area contributed by atoms with Crippen LogP contribution < -0.4 is 0 Å². The van der Waals surface area contributed by atoms with Crippen LogP contribution in [-0.4, -0.2) is 55.3 Å². The average Bonchev–Trinajstić information content (AvgIpc) is 2.39. The monoisotopic (exact) mass is 373 g/mol. The number of aliphatic hydroxyl groups is 3. The molecule has 0 aliphatic heterocycles. The van der Waals surface area contributed by atoms with Gasteiger partial charge in [0, 0.05) is 0 Å². The standard InChI is InChI=1S/C9H21O4P.C6H15NO3/c1-2-3-4-5-6-7-8-9-13-14(10,11)12;1-4(8)7(5(2)9)6(3)10/h2-9H2,1H3,(H2,10,11,12);4-6,8-10H,1-3H3. The van der Waals surface area contributed by atoms with Crippen LogP contribution in [0, 0.1) is 0 Å². The zero-order chi connectivity index (χ0) is 19.2. The summed E-state index contributed by atoms with van der Waals surface area (Å²) in [6, 6.07) is 0. The van der Waals surface area contributed by atoms with Crippen LogP contribution in [0.15, 0.2) is 0 Å². The van der Waals surface area contributed by atoms with Crippen LogP contribution in [0.2, 0.25) is 0 Å². The summed E-state index contributed by atoms with van der Waals surface area (Å²) in [7, 11) is -4.23. The molecule has 0 spiro atoms. The number of phosphoric ester groups is 1. The lowest BCUT2D eigenvalue weighted by Crippen LogP contribution is -2.45. The molecule has 0 fully saturated rings. The molecule has 0 aromatic heterocycles.